The topological polar surface area (TPSA) is 64.6 Å². The molecule has 0 saturated carbocycles. The second kappa shape index (κ2) is 11.1. The number of hydrogen-bond donors (Lipinski definition) is 1. The molecule has 2 aromatic carbocycles. The highest BCUT2D eigenvalue weighted by molar-refractivity contribution is 5.98. The second-order valence-corrected chi connectivity index (χ2v) is 10.8. The van der Waals surface area contributed by atoms with Gasteiger partial charge in [-0.3, -0.25) is 9.69 Å². The third-order valence-electron chi connectivity index (χ3n) is 8.39. The van der Waals surface area contributed by atoms with E-state index in [9.17, 15) is 4.79 Å². The van der Waals surface area contributed by atoms with E-state index < -0.39 is 0 Å². The molecule has 194 valence electrons. The van der Waals surface area contributed by atoms with Gasteiger partial charge in [-0.1, -0.05) is 43.2 Å². The minimum absolute atomic E-state index is 0.159. The summed E-state index contributed by atoms with van der Waals surface area (Å²) in [6.07, 6.45) is 10.2. The van der Waals surface area contributed by atoms with Crippen LogP contribution in [0, 0.1) is 0 Å². The Balaban J connectivity index is 1.01. The van der Waals surface area contributed by atoms with Gasteiger partial charge in [0, 0.05) is 63.1 Å². The van der Waals surface area contributed by atoms with Gasteiger partial charge < -0.3 is 15.1 Å². The van der Waals surface area contributed by atoms with Gasteiger partial charge in [-0.25, -0.2) is 4.98 Å². The third kappa shape index (κ3) is 5.57. The van der Waals surface area contributed by atoms with Crippen molar-refractivity contribution in [1.82, 2.24) is 19.8 Å². The number of anilines is 2. The molecule has 3 aliphatic heterocycles. The molecule has 1 unspecified atom stereocenters. The predicted octanol–water partition coefficient (Wildman–Crippen LogP) is 4.80. The Bertz CT molecular complexity index is 1220. The summed E-state index contributed by atoms with van der Waals surface area (Å²) in [7, 11) is 0. The maximum atomic E-state index is 13.2. The van der Waals surface area contributed by atoms with Crippen LogP contribution in [0.4, 0.5) is 11.8 Å². The lowest BCUT2D eigenvalue weighted by molar-refractivity contribution is 0.0644. The zero-order valence-corrected chi connectivity index (χ0v) is 21.7. The molecule has 3 aromatic rings. The highest BCUT2D eigenvalue weighted by atomic mass is 16.2. The molecule has 3 saturated heterocycles. The van der Waals surface area contributed by atoms with Crippen LogP contribution in [0.25, 0.3) is 10.8 Å². The minimum Gasteiger partial charge on any atom is -0.356 e. The van der Waals surface area contributed by atoms with Crippen molar-refractivity contribution in [3.63, 3.8) is 0 Å². The molecule has 6 rings (SSSR count). The first-order chi connectivity index (χ1) is 18.2. The van der Waals surface area contributed by atoms with Crippen molar-refractivity contribution >= 4 is 28.4 Å². The first kappa shape index (κ1) is 24.2. The molecular formula is C30H38N6O. The smallest absolute Gasteiger partial charge is 0.253 e. The molecular weight excluding hydrogens is 460 g/mol. The third-order valence-corrected chi connectivity index (χ3v) is 8.39. The lowest BCUT2D eigenvalue weighted by Gasteiger charge is -2.37. The minimum atomic E-state index is 0.159. The van der Waals surface area contributed by atoms with E-state index in [1.165, 1.54) is 31.1 Å². The quantitative estimate of drug-likeness (QED) is 0.545. The van der Waals surface area contributed by atoms with E-state index >= 15 is 0 Å². The number of carbonyl (C=O) groups excluding carboxylic acids is 1. The van der Waals surface area contributed by atoms with Crippen LogP contribution in [0.15, 0.2) is 54.7 Å². The fourth-order valence-corrected chi connectivity index (χ4v) is 6.25. The number of fused-ring (bicyclic) bond motifs is 1. The molecule has 4 heterocycles. The monoisotopic (exact) mass is 498 g/mol. The second-order valence-electron chi connectivity index (χ2n) is 10.8. The van der Waals surface area contributed by atoms with Gasteiger partial charge in [0.25, 0.3) is 5.91 Å². The Morgan fingerprint density at radius 1 is 0.838 bits per heavy atom. The molecule has 7 nitrogen and oxygen atoms in total. The van der Waals surface area contributed by atoms with Crippen LogP contribution in [0.1, 0.15) is 55.3 Å². The molecule has 3 fully saturated rings. The van der Waals surface area contributed by atoms with E-state index in [4.69, 9.17) is 4.98 Å². The van der Waals surface area contributed by atoms with Gasteiger partial charge in [0.2, 0.25) is 5.95 Å². The molecule has 1 amide bonds. The Morgan fingerprint density at radius 3 is 2.43 bits per heavy atom. The van der Waals surface area contributed by atoms with Gasteiger partial charge in [0.05, 0.1) is 0 Å². The highest BCUT2D eigenvalue weighted by Gasteiger charge is 2.32. The molecule has 1 N–H and O–H groups in total. The first-order valence-electron chi connectivity index (χ1n) is 14.1. The molecule has 0 aliphatic carbocycles. The van der Waals surface area contributed by atoms with Crippen LogP contribution < -0.4 is 10.2 Å². The molecule has 7 heteroatoms. The van der Waals surface area contributed by atoms with Gasteiger partial charge in [0.15, 0.2) is 0 Å². The van der Waals surface area contributed by atoms with Crippen molar-refractivity contribution in [2.24, 2.45) is 0 Å². The number of rotatable bonds is 5. The number of nitrogens with one attached hydrogen (secondary N) is 1. The summed E-state index contributed by atoms with van der Waals surface area (Å²) >= 11 is 0. The molecule has 37 heavy (non-hydrogen) atoms. The van der Waals surface area contributed by atoms with Crippen LogP contribution in [0.3, 0.4) is 0 Å². The summed E-state index contributed by atoms with van der Waals surface area (Å²) in [5, 5.41) is 5.91. The van der Waals surface area contributed by atoms with Gasteiger partial charge in [-0.15, -0.1) is 0 Å². The lowest BCUT2D eigenvalue weighted by atomic mass is 10.0. The lowest BCUT2D eigenvalue weighted by Crippen LogP contribution is -2.46. The maximum Gasteiger partial charge on any atom is 0.253 e. The average molecular weight is 499 g/mol. The fourth-order valence-electron chi connectivity index (χ4n) is 6.25. The maximum absolute atomic E-state index is 13.2. The van der Waals surface area contributed by atoms with Crippen LogP contribution >= 0.6 is 0 Å². The van der Waals surface area contributed by atoms with Gasteiger partial charge in [-0.05, 0) is 61.1 Å². The highest BCUT2D eigenvalue weighted by Crippen LogP contribution is 2.25. The summed E-state index contributed by atoms with van der Waals surface area (Å²) in [6.45, 7) is 5.94. The molecule has 0 bridgehead atoms. The van der Waals surface area contributed by atoms with Crippen molar-refractivity contribution in [2.45, 2.75) is 57.0 Å². The summed E-state index contributed by atoms with van der Waals surface area (Å²) in [5.41, 5.74) is 0.796. The zero-order chi connectivity index (χ0) is 25.0. The fraction of sp³-hybridized carbons (Fsp3) is 0.500. The first-order valence-corrected chi connectivity index (χ1v) is 14.1. The van der Waals surface area contributed by atoms with E-state index in [0.717, 1.165) is 81.2 Å². The molecule has 0 radical (unpaired) electrons. The molecule has 1 atom stereocenters. The van der Waals surface area contributed by atoms with E-state index in [-0.39, 0.29) is 5.91 Å². The Kier molecular flexibility index (Phi) is 7.22. The van der Waals surface area contributed by atoms with Crippen molar-refractivity contribution in [3.8, 4) is 0 Å². The van der Waals surface area contributed by atoms with Crippen molar-refractivity contribution in [2.75, 3.05) is 49.5 Å². The van der Waals surface area contributed by atoms with Crippen molar-refractivity contribution in [3.05, 3.63) is 60.3 Å². The van der Waals surface area contributed by atoms with Gasteiger partial charge in [-0.2, -0.15) is 4.98 Å². The molecule has 0 spiro atoms. The zero-order valence-electron chi connectivity index (χ0n) is 21.7. The summed E-state index contributed by atoms with van der Waals surface area (Å²) < 4.78 is 0. The van der Waals surface area contributed by atoms with Gasteiger partial charge in [0.1, 0.15) is 5.82 Å². The number of aromatic nitrogens is 2. The largest absolute Gasteiger partial charge is 0.356 e. The molecule has 1 aromatic heterocycles. The number of nitrogens with zero attached hydrogens (tertiary/aromatic N) is 5. The summed E-state index contributed by atoms with van der Waals surface area (Å²) in [6, 6.07) is 17.2. The van der Waals surface area contributed by atoms with Crippen LogP contribution in [-0.4, -0.2) is 77.0 Å². The Labute approximate surface area is 219 Å². The van der Waals surface area contributed by atoms with Crippen LogP contribution in [0.5, 0.6) is 0 Å². The van der Waals surface area contributed by atoms with E-state index in [2.05, 4.69) is 38.3 Å². The SMILES string of the molecule is O=C(c1ccc2ccccc2c1)N1CCC(N2CCC(Nc3nccc(N4CCCCCC4)n3)C2)CC1. The van der Waals surface area contributed by atoms with Crippen LogP contribution in [0.2, 0.25) is 0 Å². The van der Waals surface area contributed by atoms with Crippen molar-refractivity contribution < 1.29 is 4.79 Å². The van der Waals surface area contributed by atoms with Gasteiger partial charge >= 0.3 is 0 Å². The number of piperidine rings is 1. The average Bonchev–Trinajstić information content (AvgIpc) is 3.24. The Hall–Kier alpha value is -3.19. The Morgan fingerprint density at radius 2 is 1.62 bits per heavy atom. The van der Waals surface area contributed by atoms with Crippen LogP contribution in [-0.2, 0) is 0 Å². The van der Waals surface area contributed by atoms with E-state index in [0.29, 0.717) is 12.1 Å². The number of amides is 1. The number of benzene rings is 2. The molecule has 3 aliphatic rings. The number of carbonyl (C=O) groups is 1. The normalized spacial score (nSPS) is 21.8. The summed E-state index contributed by atoms with van der Waals surface area (Å²) in [4.78, 5) is 29.6. The number of hydrogen-bond acceptors (Lipinski definition) is 6. The van der Waals surface area contributed by atoms with E-state index in [1.54, 1.807) is 0 Å². The summed E-state index contributed by atoms with van der Waals surface area (Å²) in [5.74, 6) is 1.97. The van der Waals surface area contributed by atoms with E-state index in [1.807, 2.05) is 41.4 Å². The standard InChI is InChI=1S/C30H38N6O/c37-29(25-10-9-23-7-3-4-8-24(23)21-25)35-19-13-27(14-20-35)36-18-12-26(22-36)32-30-31-15-11-28(33-30)34-16-5-1-2-6-17-34/h3-4,7-11,15,21,26-27H,1-2,5-6,12-14,16-20,22H2,(H,31,32,33). The van der Waals surface area contributed by atoms with Crippen molar-refractivity contribution in [1.29, 1.82) is 0 Å². The number of likely N-dealkylation sites (tertiary alicyclic amines) is 2. The predicted molar refractivity (Wildman–Crippen MR) is 149 cm³/mol.